The van der Waals surface area contributed by atoms with Gasteiger partial charge in [-0.25, -0.2) is 4.98 Å². The Kier molecular flexibility index (Phi) is 6.70. The zero-order valence-electron chi connectivity index (χ0n) is 18.0. The lowest BCUT2D eigenvalue weighted by Gasteiger charge is -2.11. The third kappa shape index (κ3) is 4.91. The van der Waals surface area contributed by atoms with Crippen molar-refractivity contribution in [2.75, 3.05) is 13.7 Å². The number of nitrogens with zero attached hydrogens (tertiary/aromatic N) is 2. The van der Waals surface area contributed by atoms with Gasteiger partial charge in [-0.1, -0.05) is 30.3 Å². The highest BCUT2D eigenvalue weighted by atomic mass is 16.5. The number of aliphatic carboxylic acids is 1. The highest BCUT2D eigenvalue weighted by molar-refractivity contribution is 5.84. The summed E-state index contributed by atoms with van der Waals surface area (Å²) in [6.45, 7) is 0.549. The van der Waals surface area contributed by atoms with Crippen LogP contribution in [0.5, 0.6) is 11.5 Å². The summed E-state index contributed by atoms with van der Waals surface area (Å²) in [4.78, 5) is 15.5. The molecule has 6 nitrogen and oxygen atoms in total. The van der Waals surface area contributed by atoms with E-state index in [-0.39, 0.29) is 6.42 Å². The molecular weight excluding hydrogens is 404 g/mol. The largest absolute Gasteiger partial charge is 0.497 e. The summed E-state index contributed by atoms with van der Waals surface area (Å²) in [5.41, 5.74) is 3.85. The van der Waals surface area contributed by atoms with Gasteiger partial charge < -0.3 is 14.6 Å². The molecule has 0 unspecified atom stereocenters. The molecule has 0 atom stereocenters. The molecule has 0 saturated carbocycles. The summed E-state index contributed by atoms with van der Waals surface area (Å²) in [5.74, 6) is 1.67. The highest BCUT2D eigenvalue weighted by Crippen LogP contribution is 2.31. The van der Waals surface area contributed by atoms with E-state index in [4.69, 9.17) is 19.6 Å². The van der Waals surface area contributed by atoms with Gasteiger partial charge in [0.2, 0.25) is 0 Å². The second-order valence-corrected chi connectivity index (χ2v) is 7.54. The van der Waals surface area contributed by atoms with E-state index < -0.39 is 5.97 Å². The molecule has 3 aromatic carbocycles. The second kappa shape index (κ2) is 10.0. The molecule has 164 valence electrons. The normalized spacial score (nSPS) is 10.9. The van der Waals surface area contributed by atoms with Crippen LogP contribution in [0.25, 0.3) is 28.1 Å². The molecule has 1 aromatic heterocycles. The maximum absolute atomic E-state index is 10.6. The quantitative estimate of drug-likeness (QED) is 0.326. The lowest BCUT2D eigenvalue weighted by Crippen LogP contribution is -2.00. The van der Waals surface area contributed by atoms with Gasteiger partial charge in [-0.05, 0) is 55.7 Å². The van der Waals surface area contributed by atoms with Crippen LogP contribution in [0.1, 0.15) is 25.7 Å². The average Bonchev–Trinajstić information content (AvgIpc) is 3.20. The Balaban J connectivity index is 1.64. The van der Waals surface area contributed by atoms with Gasteiger partial charge >= 0.3 is 5.97 Å². The van der Waals surface area contributed by atoms with Crippen molar-refractivity contribution in [2.24, 2.45) is 0 Å². The maximum atomic E-state index is 10.6. The number of methoxy groups -OCH3 is 1. The van der Waals surface area contributed by atoms with E-state index in [1.165, 1.54) is 0 Å². The Morgan fingerprint density at radius 3 is 2.41 bits per heavy atom. The third-order valence-electron chi connectivity index (χ3n) is 5.29. The molecule has 4 rings (SSSR count). The number of carbonyl (C=O) groups is 1. The van der Waals surface area contributed by atoms with Crippen LogP contribution < -0.4 is 9.47 Å². The molecule has 1 N–H and O–H groups in total. The Morgan fingerprint density at radius 2 is 1.69 bits per heavy atom. The number of carboxylic acid groups (broad SMARTS) is 1. The van der Waals surface area contributed by atoms with Crippen LogP contribution in [0.4, 0.5) is 0 Å². The maximum Gasteiger partial charge on any atom is 0.303 e. The minimum atomic E-state index is -0.752. The first-order valence-corrected chi connectivity index (χ1v) is 10.7. The van der Waals surface area contributed by atoms with Crippen LogP contribution in [0.3, 0.4) is 0 Å². The monoisotopic (exact) mass is 430 g/mol. The van der Waals surface area contributed by atoms with Crippen LogP contribution >= 0.6 is 0 Å². The third-order valence-corrected chi connectivity index (χ3v) is 5.29. The Morgan fingerprint density at radius 1 is 0.938 bits per heavy atom. The summed E-state index contributed by atoms with van der Waals surface area (Å²) in [7, 11) is 1.66. The van der Waals surface area contributed by atoms with E-state index in [9.17, 15) is 4.79 Å². The standard InChI is InChI=1S/C26H26N2O4/c1-31-21-13-11-20(12-14-21)28-24-18-22(32-17-7-3-6-10-25(29)30)15-16-23(24)27-26(28)19-8-4-2-5-9-19/h2,4-5,8-9,11-16,18H,3,6-7,10,17H2,1H3,(H,29,30). The first-order valence-electron chi connectivity index (χ1n) is 10.7. The van der Waals surface area contributed by atoms with Gasteiger partial charge in [-0.15, -0.1) is 0 Å². The van der Waals surface area contributed by atoms with Crippen molar-refractivity contribution in [3.05, 3.63) is 72.8 Å². The molecule has 0 bridgehead atoms. The topological polar surface area (TPSA) is 73.6 Å². The zero-order valence-corrected chi connectivity index (χ0v) is 18.0. The van der Waals surface area contributed by atoms with Crippen molar-refractivity contribution in [1.29, 1.82) is 0 Å². The molecule has 0 aliphatic carbocycles. The van der Waals surface area contributed by atoms with Crippen LogP contribution in [-0.4, -0.2) is 34.3 Å². The predicted molar refractivity (Wildman–Crippen MR) is 125 cm³/mol. The molecule has 0 spiro atoms. The van der Waals surface area contributed by atoms with E-state index in [0.29, 0.717) is 13.0 Å². The van der Waals surface area contributed by atoms with Crippen molar-refractivity contribution in [1.82, 2.24) is 9.55 Å². The second-order valence-electron chi connectivity index (χ2n) is 7.54. The molecule has 0 aliphatic heterocycles. The molecule has 6 heteroatoms. The number of rotatable bonds is 10. The molecular formula is C26H26N2O4. The fourth-order valence-electron chi connectivity index (χ4n) is 3.66. The fourth-order valence-corrected chi connectivity index (χ4v) is 3.66. The number of aromatic nitrogens is 2. The van der Waals surface area contributed by atoms with E-state index >= 15 is 0 Å². The minimum absolute atomic E-state index is 0.204. The van der Waals surface area contributed by atoms with Gasteiger partial charge in [0.25, 0.3) is 0 Å². The number of benzene rings is 3. The summed E-state index contributed by atoms with van der Waals surface area (Å²) in [6.07, 6.45) is 2.52. The number of imidazole rings is 1. The van der Waals surface area contributed by atoms with Crippen molar-refractivity contribution >= 4 is 17.0 Å². The SMILES string of the molecule is COc1ccc(-n2c(-c3ccccc3)nc3ccc(OCCCCCC(=O)O)cc32)cc1. The molecule has 0 amide bonds. The van der Waals surface area contributed by atoms with E-state index in [2.05, 4.69) is 16.7 Å². The number of unbranched alkanes of at least 4 members (excludes halogenated alkanes) is 2. The minimum Gasteiger partial charge on any atom is -0.497 e. The van der Waals surface area contributed by atoms with Crippen molar-refractivity contribution in [3.8, 4) is 28.6 Å². The first kappa shape index (κ1) is 21.4. The summed E-state index contributed by atoms with van der Waals surface area (Å²) >= 11 is 0. The smallest absolute Gasteiger partial charge is 0.303 e. The molecule has 0 radical (unpaired) electrons. The molecule has 32 heavy (non-hydrogen) atoms. The van der Waals surface area contributed by atoms with Gasteiger partial charge in [0, 0.05) is 23.7 Å². The molecule has 0 aliphatic rings. The van der Waals surface area contributed by atoms with E-state index in [1.54, 1.807) is 7.11 Å². The number of fused-ring (bicyclic) bond motifs is 1. The van der Waals surface area contributed by atoms with Crippen LogP contribution in [0.2, 0.25) is 0 Å². The van der Waals surface area contributed by atoms with E-state index in [0.717, 1.165) is 52.4 Å². The van der Waals surface area contributed by atoms with Crippen molar-refractivity contribution in [3.63, 3.8) is 0 Å². The van der Waals surface area contributed by atoms with E-state index in [1.807, 2.05) is 60.7 Å². The predicted octanol–water partition coefficient (Wildman–Crippen LogP) is 5.72. The number of hydrogen-bond donors (Lipinski definition) is 1. The zero-order chi connectivity index (χ0) is 22.3. The van der Waals surface area contributed by atoms with Gasteiger partial charge in [-0.3, -0.25) is 9.36 Å². The summed E-state index contributed by atoms with van der Waals surface area (Å²) in [5, 5.41) is 8.74. The van der Waals surface area contributed by atoms with Crippen LogP contribution in [0, 0.1) is 0 Å². The van der Waals surface area contributed by atoms with Gasteiger partial charge in [0.15, 0.2) is 0 Å². The number of carboxylic acids is 1. The Bertz CT molecular complexity index is 1180. The highest BCUT2D eigenvalue weighted by Gasteiger charge is 2.15. The average molecular weight is 431 g/mol. The first-order chi connectivity index (χ1) is 15.7. The number of hydrogen-bond acceptors (Lipinski definition) is 4. The Hall–Kier alpha value is -3.80. The summed E-state index contributed by atoms with van der Waals surface area (Å²) < 4.78 is 13.4. The molecule has 4 aromatic rings. The molecule has 0 saturated heterocycles. The summed E-state index contributed by atoms with van der Waals surface area (Å²) in [6, 6.07) is 23.9. The van der Waals surface area contributed by atoms with Crippen molar-refractivity contribution < 1.29 is 19.4 Å². The van der Waals surface area contributed by atoms with Gasteiger partial charge in [-0.2, -0.15) is 0 Å². The van der Waals surface area contributed by atoms with Crippen LogP contribution in [-0.2, 0) is 4.79 Å². The number of ether oxygens (including phenoxy) is 2. The van der Waals surface area contributed by atoms with Gasteiger partial charge in [0.05, 0.1) is 24.8 Å². The molecule has 1 heterocycles. The van der Waals surface area contributed by atoms with Crippen molar-refractivity contribution in [2.45, 2.75) is 25.7 Å². The lowest BCUT2D eigenvalue weighted by atomic mass is 10.2. The fraction of sp³-hybridized carbons (Fsp3) is 0.231. The molecule has 0 fully saturated rings. The lowest BCUT2D eigenvalue weighted by molar-refractivity contribution is -0.137. The Labute approximate surface area is 187 Å². The van der Waals surface area contributed by atoms with Crippen LogP contribution in [0.15, 0.2) is 72.8 Å². The van der Waals surface area contributed by atoms with Gasteiger partial charge in [0.1, 0.15) is 17.3 Å².